The van der Waals surface area contributed by atoms with Gasteiger partial charge in [0.15, 0.2) is 0 Å². The second-order valence-corrected chi connectivity index (χ2v) is 4.59. The van der Waals surface area contributed by atoms with E-state index < -0.39 is 0 Å². The van der Waals surface area contributed by atoms with E-state index >= 15 is 0 Å². The molecule has 0 fully saturated rings. The topological polar surface area (TPSA) is 32.3 Å². The number of rotatable bonds is 5. The van der Waals surface area contributed by atoms with Crippen molar-refractivity contribution in [3.05, 3.63) is 21.9 Å². The van der Waals surface area contributed by atoms with Gasteiger partial charge in [0.1, 0.15) is 0 Å². The van der Waals surface area contributed by atoms with Crippen LogP contribution in [0.3, 0.4) is 0 Å². The molecule has 80 valence electrons. The number of aryl methyl sites for hydroxylation is 1. The smallest absolute Gasteiger partial charge is 0.0584 e. The molecule has 2 N–H and O–H groups in total. The van der Waals surface area contributed by atoms with Crippen molar-refractivity contribution in [1.29, 1.82) is 0 Å². The van der Waals surface area contributed by atoms with Crippen molar-refractivity contribution < 1.29 is 5.11 Å². The van der Waals surface area contributed by atoms with Gasteiger partial charge >= 0.3 is 0 Å². The molecule has 0 aliphatic rings. The second-order valence-electron chi connectivity index (χ2n) is 3.64. The van der Waals surface area contributed by atoms with Gasteiger partial charge in [-0.3, -0.25) is 0 Å². The molecule has 2 atom stereocenters. The van der Waals surface area contributed by atoms with E-state index in [0.717, 1.165) is 6.42 Å². The first-order valence-corrected chi connectivity index (χ1v) is 5.97. The number of hydrogen-bond donors (Lipinski definition) is 2. The summed E-state index contributed by atoms with van der Waals surface area (Å²) < 4.78 is 0. The van der Waals surface area contributed by atoms with Crippen LogP contribution in [0.1, 0.15) is 36.8 Å². The molecule has 1 rings (SSSR count). The zero-order valence-electron chi connectivity index (χ0n) is 9.08. The van der Waals surface area contributed by atoms with Gasteiger partial charge in [0, 0.05) is 17.0 Å². The van der Waals surface area contributed by atoms with Gasteiger partial charge in [-0.2, -0.15) is 0 Å². The van der Waals surface area contributed by atoms with Gasteiger partial charge in [-0.1, -0.05) is 6.92 Å². The lowest BCUT2D eigenvalue weighted by molar-refractivity contribution is 0.230. The predicted octanol–water partition coefficient (Wildman–Crippen LogP) is 2.48. The first-order valence-electron chi connectivity index (χ1n) is 5.10. The Labute approximate surface area is 90.0 Å². The molecule has 0 saturated heterocycles. The van der Waals surface area contributed by atoms with Crippen molar-refractivity contribution in [3.8, 4) is 0 Å². The van der Waals surface area contributed by atoms with Crippen molar-refractivity contribution >= 4 is 11.3 Å². The molecule has 1 aromatic rings. The molecule has 14 heavy (non-hydrogen) atoms. The van der Waals surface area contributed by atoms with Crippen LogP contribution in [0.5, 0.6) is 0 Å². The maximum atomic E-state index is 9.08. The zero-order chi connectivity index (χ0) is 10.6. The van der Waals surface area contributed by atoms with Gasteiger partial charge in [-0.05, 0) is 37.3 Å². The highest BCUT2D eigenvalue weighted by Crippen LogP contribution is 2.23. The Hall–Kier alpha value is -0.380. The fraction of sp³-hybridized carbons (Fsp3) is 0.636. The standard InChI is InChI=1S/C11H19NOS/c1-4-10(7-13)12-9(3)11-8(2)5-6-14-11/h5-6,9-10,12-13H,4,7H2,1-3H3/t9-,10+/m1/s1. The minimum atomic E-state index is 0.214. The quantitative estimate of drug-likeness (QED) is 0.787. The average molecular weight is 213 g/mol. The van der Waals surface area contributed by atoms with Gasteiger partial charge in [0.25, 0.3) is 0 Å². The summed E-state index contributed by atoms with van der Waals surface area (Å²) in [5.41, 5.74) is 1.34. The largest absolute Gasteiger partial charge is 0.395 e. The Morgan fingerprint density at radius 3 is 2.71 bits per heavy atom. The summed E-state index contributed by atoms with van der Waals surface area (Å²) in [7, 11) is 0. The molecule has 0 spiro atoms. The van der Waals surface area contributed by atoms with Crippen LogP contribution in [0, 0.1) is 6.92 Å². The lowest BCUT2D eigenvalue weighted by Crippen LogP contribution is -2.33. The van der Waals surface area contributed by atoms with Crippen molar-refractivity contribution in [2.45, 2.75) is 39.3 Å². The van der Waals surface area contributed by atoms with Crippen LogP contribution in [0.15, 0.2) is 11.4 Å². The highest BCUT2D eigenvalue weighted by Gasteiger charge is 2.13. The SMILES string of the molecule is CC[C@@H](CO)N[C@H](C)c1sccc1C. The van der Waals surface area contributed by atoms with Crippen molar-refractivity contribution in [3.63, 3.8) is 0 Å². The Kier molecular flexibility index (Phi) is 4.58. The highest BCUT2D eigenvalue weighted by atomic mass is 32.1. The van der Waals surface area contributed by atoms with E-state index in [2.05, 4.69) is 37.5 Å². The van der Waals surface area contributed by atoms with E-state index in [-0.39, 0.29) is 12.6 Å². The molecule has 3 heteroatoms. The van der Waals surface area contributed by atoms with E-state index in [0.29, 0.717) is 6.04 Å². The third kappa shape index (κ3) is 2.80. The van der Waals surface area contributed by atoms with E-state index in [9.17, 15) is 0 Å². The van der Waals surface area contributed by atoms with Gasteiger partial charge in [-0.15, -0.1) is 11.3 Å². The third-order valence-corrected chi connectivity index (χ3v) is 3.70. The van der Waals surface area contributed by atoms with E-state index in [1.54, 1.807) is 11.3 Å². The highest BCUT2D eigenvalue weighted by molar-refractivity contribution is 7.10. The van der Waals surface area contributed by atoms with Crippen LogP contribution < -0.4 is 5.32 Å². The lowest BCUT2D eigenvalue weighted by Gasteiger charge is -2.20. The van der Waals surface area contributed by atoms with Gasteiger partial charge in [-0.25, -0.2) is 0 Å². The molecule has 0 aliphatic heterocycles. The van der Waals surface area contributed by atoms with Crippen LogP contribution in [-0.4, -0.2) is 17.8 Å². The summed E-state index contributed by atoms with van der Waals surface area (Å²) in [4.78, 5) is 1.37. The third-order valence-electron chi connectivity index (χ3n) is 2.49. The number of thiophene rings is 1. The zero-order valence-corrected chi connectivity index (χ0v) is 9.90. The van der Waals surface area contributed by atoms with E-state index in [1.807, 2.05) is 0 Å². The number of aliphatic hydroxyl groups excluding tert-OH is 1. The summed E-state index contributed by atoms with van der Waals surface area (Å²) in [5.74, 6) is 0. The van der Waals surface area contributed by atoms with Gasteiger partial charge < -0.3 is 10.4 Å². The minimum Gasteiger partial charge on any atom is -0.395 e. The Bertz CT molecular complexity index is 268. The Morgan fingerprint density at radius 1 is 1.57 bits per heavy atom. The summed E-state index contributed by atoms with van der Waals surface area (Å²) in [6, 6.07) is 2.69. The number of aliphatic hydroxyl groups is 1. The monoisotopic (exact) mass is 213 g/mol. The molecular formula is C11H19NOS. The van der Waals surface area contributed by atoms with E-state index in [1.165, 1.54) is 10.4 Å². The molecule has 1 aromatic heterocycles. The number of hydrogen-bond acceptors (Lipinski definition) is 3. The summed E-state index contributed by atoms with van der Waals surface area (Å²) >= 11 is 1.78. The summed E-state index contributed by atoms with van der Waals surface area (Å²) in [6.07, 6.45) is 0.964. The Morgan fingerprint density at radius 2 is 2.29 bits per heavy atom. The van der Waals surface area contributed by atoms with Gasteiger partial charge in [0.2, 0.25) is 0 Å². The molecule has 0 aromatic carbocycles. The molecular weight excluding hydrogens is 194 g/mol. The Balaban J connectivity index is 2.58. The maximum Gasteiger partial charge on any atom is 0.0584 e. The first kappa shape index (κ1) is 11.7. The molecule has 0 amide bonds. The van der Waals surface area contributed by atoms with Gasteiger partial charge in [0.05, 0.1) is 6.61 Å². The fourth-order valence-corrected chi connectivity index (χ4v) is 2.50. The number of nitrogens with one attached hydrogen (secondary N) is 1. The molecule has 0 unspecified atom stereocenters. The molecule has 2 nitrogen and oxygen atoms in total. The molecule has 1 heterocycles. The first-order chi connectivity index (χ1) is 6.69. The minimum absolute atomic E-state index is 0.214. The van der Waals surface area contributed by atoms with Crippen LogP contribution >= 0.6 is 11.3 Å². The summed E-state index contributed by atoms with van der Waals surface area (Å²) in [5, 5.41) is 14.6. The second kappa shape index (κ2) is 5.49. The summed E-state index contributed by atoms with van der Waals surface area (Å²) in [6.45, 7) is 6.58. The fourth-order valence-electron chi connectivity index (χ4n) is 1.56. The predicted molar refractivity (Wildman–Crippen MR) is 61.8 cm³/mol. The van der Waals surface area contributed by atoms with Crippen molar-refractivity contribution in [1.82, 2.24) is 5.32 Å². The van der Waals surface area contributed by atoms with E-state index in [4.69, 9.17) is 5.11 Å². The lowest BCUT2D eigenvalue weighted by atomic mass is 10.1. The molecule has 0 saturated carbocycles. The molecule has 0 aliphatic carbocycles. The average Bonchev–Trinajstić information content (AvgIpc) is 2.60. The van der Waals surface area contributed by atoms with Crippen molar-refractivity contribution in [2.24, 2.45) is 0 Å². The normalized spacial score (nSPS) is 15.4. The van der Waals surface area contributed by atoms with Crippen LogP contribution in [0.4, 0.5) is 0 Å². The van der Waals surface area contributed by atoms with Crippen LogP contribution in [-0.2, 0) is 0 Å². The van der Waals surface area contributed by atoms with Crippen LogP contribution in [0.25, 0.3) is 0 Å². The van der Waals surface area contributed by atoms with Crippen LogP contribution in [0.2, 0.25) is 0 Å². The molecule has 0 radical (unpaired) electrons. The maximum absolute atomic E-state index is 9.08. The molecule has 0 bridgehead atoms. The van der Waals surface area contributed by atoms with Crippen molar-refractivity contribution in [2.75, 3.05) is 6.61 Å².